The zero-order valence-electron chi connectivity index (χ0n) is 13.4. The summed E-state index contributed by atoms with van der Waals surface area (Å²) in [6.07, 6.45) is 2.71. The maximum absolute atomic E-state index is 12.5. The summed E-state index contributed by atoms with van der Waals surface area (Å²) in [5, 5.41) is 4.20. The third kappa shape index (κ3) is 2.94. The molecule has 0 bridgehead atoms. The van der Waals surface area contributed by atoms with Gasteiger partial charge in [0.05, 0.1) is 11.1 Å². The van der Waals surface area contributed by atoms with E-state index >= 15 is 0 Å². The summed E-state index contributed by atoms with van der Waals surface area (Å²) < 4.78 is 0. The van der Waals surface area contributed by atoms with E-state index in [0.29, 0.717) is 11.6 Å². The molecule has 2 saturated heterocycles. The number of piperazine rings is 1. The Morgan fingerprint density at radius 2 is 2.13 bits per heavy atom. The van der Waals surface area contributed by atoms with Crippen LogP contribution < -0.4 is 5.32 Å². The van der Waals surface area contributed by atoms with Crippen LogP contribution in [-0.2, 0) is 0 Å². The number of hydrogen-bond donors (Lipinski definition) is 1. The first kappa shape index (κ1) is 14.6. The average Bonchev–Trinajstić information content (AvgIpc) is 2.95. The van der Waals surface area contributed by atoms with Crippen LogP contribution in [0, 0.1) is 0 Å². The van der Waals surface area contributed by atoms with Gasteiger partial charge in [0, 0.05) is 49.8 Å². The molecule has 0 spiro atoms. The predicted molar refractivity (Wildman–Crippen MR) is 90.5 cm³/mol. The van der Waals surface area contributed by atoms with Crippen LogP contribution in [0.5, 0.6) is 0 Å². The Hall–Kier alpha value is -1.98. The molecule has 2 aliphatic rings. The van der Waals surface area contributed by atoms with E-state index < -0.39 is 0 Å². The largest absolute Gasteiger partial charge is 0.348 e. The van der Waals surface area contributed by atoms with Gasteiger partial charge in [-0.3, -0.25) is 14.7 Å². The molecule has 1 aromatic carbocycles. The lowest BCUT2D eigenvalue weighted by Gasteiger charge is -2.34. The number of carbonyl (C=O) groups is 1. The van der Waals surface area contributed by atoms with E-state index in [4.69, 9.17) is 0 Å². The molecule has 5 nitrogen and oxygen atoms in total. The summed E-state index contributed by atoms with van der Waals surface area (Å²) in [7, 11) is 2.17. The molecule has 2 atom stereocenters. The van der Waals surface area contributed by atoms with E-state index in [1.54, 1.807) is 6.20 Å². The Balaban J connectivity index is 1.45. The highest BCUT2D eigenvalue weighted by atomic mass is 16.1. The molecule has 0 radical (unpaired) electrons. The van der Waals surface area contributed by atoms with Crippen LogP contribution in [0.2, 0.25) is 0 Å². The molecule has 2 aromatic rings. The van der Waals surface area contributed by atoms with Gasteiger partial charge in [-0.05, 0) is 25.6 Å². The molecule has 1 amide bonds. The Morgan fingerprint density at radius 3 is 3.04 bits per heavy atom. The van der Waals surface area contributed by atoms with Gasteiger partial charge in [-0.15, -0.1) is 0 Å². The maximum Gasteiger partial charge on any atom is 0.253 e. The third-order valence-electron chi connectivity index (χ3n) is 5.01. The van der Waals surface area contributed by atoms with E-state index in [0.717, 1.165) is 43.5 Å². The Labute approximate surface area is 136 Å². The summed E-state index contributed by atoms with van der Waals surface area (Å²) in [5.74, 6) is -0.0125. The Kier molecular flexibility index (Phi) is 3.75. The van der Waals surface area contributed by atoms with Gasteiger partial charge in [-0.25, -0.2) is 0 Å². The highest BCUT2D eigenvalue weighted by Gasteiger charge is 2.35. The van der Waals surface area contributed by atoms with E-state index in [1.807, 2.05) is 30.3 Å². The van der Waals surface area contributed by atoms with Gasteiger partial charge in [0.15, 0.2) is 0 Å². The van der Waals surface area contributed by atoms with Crippen LogP contribution in [0.4, 0.5) is 0 Å². The number of nitrogens with zero attached hydrogens (tertiary/aromatic N) is 3. The maximum atomic E-state index is 12.5. The highest BCUT2D eigenvalue weighted by Crippen LogP contribution is 2.22. The molecular weight excluding hydrogens is 288 g/mol. The molecule has 0 saturated carbocycles. The van der Waals surface area contributed by atoms with Gasteiger partial charge >= 0.3 is 0 Å². The minimum Gasteiger partial charge on any atom is -0.348 e. The van der Waals surface area contributed by atoms with Gasteiger partial charge in [-0.1, -0.05) is 18.2 Å². The van der Waals surface area contributed by atoms with Crippen molar-refractivity contribution in [2.45, 2.75) is 18.5 Å². The van der Waals surface area contributed by atoms with E-state index in [-0.39, 0.29) is 11.9 Å². The number of rotatable bonds is 2. The zero-order chi connectivity index (χ0) is 15.8. The van der Waals surface area contributed by atoms with Crippen molar-refractivity contribution < 1.29 is 4.79 Å². The van der Waals surface area contributed by atoms with Crippen LogP contribution in [0.1, 0.15) is 16.8 Å². The van der Waals surface area contributed by atoms with Gasteiger partial charge in [0.2, 0.25) is 0 Å². The Bertz CT molecular complexity index is 732. The lowest BCUT2D eigenvalue weighted by atomic mass is 10.1. The van der Waals surface area contributed by atoms with Gasteiger partial charge in [0.1, 0.15) is 0 Å². The van der Waals surface area contributed by atoms with Crippen molar-refractivity contribution in [3.05, 3.63) is 42.1 Å². The molecule has 4 rings (SSSR count). The van der Waals surface area contributed by atoms with Crippen LogP contribution in [0.15, 0.2) is 36.5 Å². The minimum absolute atomic E-state index is 0.0125. The third-order valence-corrected chi connectivity index (χ3v) is 5.01. The topological polar surface area (TPSA) is 48.5 Å². The summed E-state index contributed by atoms with van der Waals surface area (Å²) in [5.41, 5.74) is 1.57. The van der Waals surface area contributed by atoms with Crippen molar-refractivity contribution >= 4 is 16.8 Å². The quantitative estimate of drug-likeness (QED) is 0.910. The number of para-hydroxylation sites is 1. The fourth-order valence-electron chi connectivity index (χ4n) is 3.77. The first-order valence-electron chi connectivity index (χ1n) is 8.27. The zero-order valence-corrected chi connectivity index (χ0v) is 13.4. The molecular formula is C18H22N4O. The van der Waals surface area contributed by atoms with Crippen molar-refractivity contribution in [2.24, 2.45) is 0 Å². The van der Waals surface area contributed by atoms with Crippen LogP contribution in [0.25, 0.3) is 10.9 Å². The predicted octanol–water partition coefficient (Wildman–Crippen LogP) is 1.35. The number of amides is 1. The summed E-state index contributed by atoms with van der Waals surface area (Å²) in [4.78, 5) is 21.8. The molecule has 0 unspecified atom stereocenters. The van der Waals surface area contributed by atoms with Crippen LogP contribution >= 0.6 is 0 Å². The smallest absolute Gasteiger partial charge is 0.253 e. The SMILES string of the molecule is CN1CCN2C[C@@H](NC(=O)c3cnc4ccccc4c3)C[C@H]2C1. The van der Waals surface area contributed by atoms with Crippen molar-refractivity contribution in [3.8, 4) is 0 Å². The number of pyridine rings is 1. The van der Waals surface area contributed by atoms with E-state index in [1.165, 1.54) is 0 Å². The first-order valence-corrected chi connectivity index (χ1v) is 8.27. The molecule has 1 N–H and O–H groups in total. The van der Waals surface area contributed by atoms with Gasteiger partial charge < -0.3 is 10.2 Å². The van der Waals surface area contributed by atoms with Crippen molar-refractivity contribution in [2.75, 3.05) is 33.2 Å². The molecule has 5 heteroatoms. The van der Waals surface area contributed by atoms with Crippen LogP contribution in [-0.4, -0.2) is 66.0 Å². The number of nitrogens with one attached hydrogen (secondary N) is 1. The normalized spacial score (nSPS) is 25.4. The molecule has 120 valence electrons. The lowest BCUT2D eigenvalue weighted by molar-refractivity contribution is 0.0936. The van der Waals surface area contributed by atoms with E-state index in [2.05, 4.69) is 27.1 Å². The molecule has 3 heterocycles. The highest BCUT2D eigenvalue weighted by molar-refractivity contribution is 5.97. The van der Waals surface area contributed by atoms with Gasteiger partial charge in [0.25, 0.3) is 5.91 Å². The fourth-order valence-corrected chi connectivity index (χ4v) is 3.77. The van der Waals surface area contributed by atoms with Crippen molar-refractivity contribution in [1.29, 1.82) is 0 Å². The second kappa shape index (κ2) is 5.91. The second-order valence-corrected chi connectivity index (χ2v) is 6.73. The fraction of sp³-hybridized carbons (Fsp3) is 0.444. The standard InChI is InChI=1S/C18H22N4O/c1-21-6-7-22-11-15(9-16(22)12-21)20-18(23)14-8-13-4-2-3-5-17(13)19-10-14/h2-5,8,10,15-16H,6-7,9,11-12H2,1H3,(H,20,23)/t15-,16-/m0/s1. The number of aromatic nitrogens is 1. The van der Waals surface area contributed by atoms with Crippen molar-refractivity contribution in [3.63, 3.8) is 0 Å². The summed E-state index contributed by atoms with van der Waals surface area (Å²) in [6, 6.07) is 10.6. The minimum atomic E-state index is -0.0125. The monoisotopic (exact) mass is 310 g/mol. The van der Waals surface area contributed by atoms with Crippen molar-refractivity contribution in [1.82, 2.24) is 20.1 Å². The van der Waals surface area contributed by atoms with E-state index in [9.17, 15) is 4.79 Å². The number of hydrogen-bond acceptors (Lipinski definition) is 4. The van der Waals surface area contributed by atoms with Crippen LogP contribution in [0.3, 0.4) is 0 Å². The first-order chi connectivity index (χ1) is 11.2. The number of benzene rings is 1. The number of fused-ring (bicyclic) bond motifs is 2. The number of carbonyl (C=O) groups excluding carboxylic acids is 1. The average molecular weight is 310 g/mol. The summed E-state index contributed by atoms with van der Waals surface area (Å²) >= 11 is 0. The molecule has 2 fully saturated rings. The number of likely N-dealkylation sites (N-methyl/N-ethyl adjacent to an activating group) is 1. The molecule has 0 aliphatic carbocycles. The molecule has 2 aliphatic heterocycles. The molecule has 1 aromatic heterocycles. The lowest BCUT2D eigenvalue weighted by Crippen LogP contribution is -2.48. The summed E-state index contributed by atoms with van der Waals surface area (Å²) in [6.45, 7) is 4.28. The van der Waals surface area contributed by atoms with Gasteiger partial charge in [-0.2, -0.15) is 0 Å². The molecule has 23 heavy (non-hydrogen) atoms. The second-order valence-electron chi connectivity index (χ2n) is 6.73. The Morgan fingerprint density at radius 1 is 1.26 bits per heavy atom.